The van der Waals surface area contributed by atoms with E-state index >= 15 is 0 Å². The molecule has 0 bridgehead atoms. The van der Waals surface area contributed by atoms with Gasteiger partial charge in [-0.25, -0.2) is 4.98 Å². The van der Waals surface area contributed by atoms with Crippen LogP contribution in [-0.4, -0.2) is 14.9 Å². The van der Waals surface area contributed by atoms with E-state index in [4.69, 9.17) is 0 Å². The maximum atomic E-state index is 11.8. The molecule has 110 valence electrons. The van der Waals surface area contributed by atoms with Crippen molar-refractivity contribution in [2.75, 3.05) is 0 Å². The SMILES string of the molecule is Cc1ccc([N+](=O)[O-])cc1-c1nc(CC(C)C)cc(=O)[nH]1. The van der Waals surface area contributed by atoms with Crippen LogP contribution >= 0.6 is 0 Å². The van der Waals surface area contributed by atoms with E-state index in [-0.39, 0.29) is 11.2 Å². The molecule has 0 saturated carbocycles. The zero-order valence-corrected chi connectivity index (χ0v) is 12.2. The first kappa shape index (κ1) is 14.9. The largest absolute Gasteiger partial charge is 0.307 e. The highest BCUT2D eigenvalue weighted by atomic mass is 16.6. The van der Waals surface area contributed by atoms with Gasteiger partial charge in [-0.05, 0) is 24.8 Å². The molecule has 2 aromatic rings. The van der Waals surface area contributed by atoms with Gasteiger partial charge in [0.25, 0.3) is 11.2 Å². The third-order valence-electron chi connectivity index (χ3n) is 3.10. The number of aromatic nitrogens is 2. The van der Waals surface area contributed by atoms with Crippen molar-refractivity contribution in [2.24, 2.45) is 5.92 Å². The van der Waals surface area contributed by atoms with E-state index in [2.05, 4.69) is 9.97 Å². The van der Waals surface area contributed by atoms with Gasteiger partial charge in [0.15, 0.2) is 0 Å². The molecule has 0 spiro atoms. The first-order chi connectivity index (χ1) is 9.86. The first-order valence-corrected chi connectivity index (χ1v) is 6.72. The van der Waals surface area contributed by atoms with E-state index in [0.717, 1.165) is 5.56 Å². The Bertz CT molecular complexity index is 735. The Morgan fingerprint density at radius 2 is 2.05 bits per heavy atom. The summed E-state index contributed by atoms with van der Waals surface area (Å²) in [6.07, 6.45) is 0.685. The monoisotopic (exact) mass is 287 g/mol. The Balaban J connectivity index is 2.55. The van der Waals surface area contributed by atoms with Crippen LogP contribution in [0.25, 0.3) is 11.4 Å². The Morgan fingerprint density at radius 1 is 1.33 bits per heavy atom. The average molecular weight is 287 g/mol. The second-order valence-corrected chi connectivity index (χ2v) is 5.44. The lowest BCUT2D eigenvalue weighted by molar-refractivity contribution is -0.384. The highest BCUT2D eigenvalue weighted by Crippen LogP contribution is 2.24. The topological polar surface area (TPSA) is 88.9 Å². The number of aromatic amines is 1. The molecule has 0 aliphatic heterocycles. The minimum atomic E-state index is -0.459. The molecule has 1 aromatic heterocycles. The molecule has 0 aliphatic rings. The van der Waals surface area contributed by atoms with Crippen LogP contribution in [0.2, 0.25) is 0 Å². The number of nitro groups is 1. The molecule has 1 N–H and O–H groups in total. The lowest BCUT2D eigenvalue weighted by atomic mass is 10.1. The van der Waals surface area contributed by atoms with Crippen LogP contribution in [0.5, 0.6) is 0 Å². The van der Waals surface area contributed by atoms with Gasteiger partial charge in [0.2, 0.25) is 0 Å². The van der Waals surface area contributed by atoms with Gasteiger partial charge in [0.05, 0.1) is 4.92 Å². The lowest BCUT2D eigenvalue weighted by Gasteiger charge is -2.08. The van der Waals surface area contributed by atoms with E-state index in [1.165, 1.54) is 18.2 Å². The molecule has 1 aromatic carbocycles. The second-order valence-electron chi connectivity index (χ2n) is 5.44. The summed E-state index contributed by atoms with van der Waals surface area (Å²) in [6.45, 7) is 5.91. The molecule has 0 amide bonds. The summed E-state index contributed by atoms with van der Waals surface area (Å²) in [7, 11) is 0. The summed E-state index contributed by atoms with van der Waals surface area (Å²) < 4.78 is 0. The van der Waals surface area contributed by atoms with Crippen LogP contribution in [0, 0.1) is 23.0 Å². The van der Waals surface area contributed by atoms with E-state index in [9.17, 15) is 14.9 Å². The van der Waals surface area contributed by atoms with E-state index in [1.54, 1.807) is 6.07 Å². The molecule has 0 radical (unpaired) electrons. The molecule has 0 atom stereocenters. The number of nitrogens with zero attached hydrogens (tertiary/aromatic N) is 2. The Kier molecular flexibility index (Phi) is 4.16. The summed E-state index contributed by atoms with van der Waals surface area (Å²) in [4.78, 5) is 29.3. The summed E-state index contributed by atoms with van der Waals surface area (Å²) in [5, 5.41) is 10.9. The number of benzene rings is 1. The zero-order chi connectivity index (χ0) is 15.6. The fourth-order valence-electron chi connectivity index (χ4n) is 2.14. The van der Waals surface area contributed by atoms with Crippen LogP contribution in [0.1, 0.15) is 25.1 Å². The van der Waals surface area contributed by atoms with Gasteiger partial charge in [-0.15, -0.1) is 0 Å². The number of H-pyrrole nitrogens is 1. The number of rotatable bonds is 4. The van der Waals surface area contributed by atoms with Crippen molar-refractivity contribution in [2.45, 2.75) is 27.2 Å². The first-order valence-electron chi connectivity index (χ1n) is 6.72. The molecule has 0 aliphatic carbocycles. The van der Waals surface area contributed by atoms with E-state index in [1.807, 2.05) is 20.8 Å². The Hall–Kier alpha value is -2.50. The van der Waals surface area contributed by atoms with Gasteiger partial charge >= 0.3 is 0 Å². The normalized spacial score (nSPS) is 10.9. The zero-order valence-electron chi connectivity index (χ0n) is 12.2. The van der Waals surface area contributed by atoms with Crippen LogP contribution in [0.3, 0.4) is 0 Å². The van der Waals surface area contributed by atoms with Crippen molar-refractivity contribution in [1.82, 2.24) is 9.97 Å². The van der Waals surface area contributed by atoms with Crippen molar-refractivity contribution >= 4 is 5.69 Å². The number of nitrogens with one attached hydrogen (secondary N) is 1. The van der Waals surface area contributed by atoms with Crippen LogP contribution in [-0.2, 0) is 6.42 Å². The molecule has 21 heavy (non-hydrogen) atoms. The highest BCUT2D eigenvalue weighted by Gasteiger charge is 2.13. The van der Waals surface area contributed by atoms with Gasteiger partial charge in [-0.1, -0.05) is 19.9 Å². The van der Waals surface area contributed by atoms with E-state index in [0.29, 0.717) is 29.4 Å². The summed E-state index contributed by atoms with van der Waals surface area (Å²) >= 11 is 0. The summed E-state index contributed by atoms with van der Waals surface area (Å²) in [6, 6.07) is 6.00. The van der Waals surface area contributed by atoms with E-state index < -0.39 is 4.92 Å². The van der Waals surface area contributed by atoms with Gasteiger partial charge in [0, 0.05) is 29.5 Å². The van der Waals surface area contributed by atoms with Crippen molar-refractivity contribution in [3.8, 4) is 11.4 Å². The number of nitro benzene ring substituents is 1. The molecule has 0 unspecified atom stereocenters. The number of hydrogen-bond acceptors (Lipinski definition) is 4. The maximum absolute atomic E-state index is 11.8. The summed E-state index contributed by atoms with van der Waals surface area (Å²) in [5.74, 6) is 0.748. The molecule has 2 rings (SSSR count). The van der Waals surface area contributed by atoms with Crippen LogP contribution in [0.15, 0.2) is 29.1 Å². The van der Waals surface area contributed by atoms with Gasteiger partial charge < -0.3 is 4.98 Å². The Morgan fingerprint density at radius 3 is 2.67 bits per heavy atom. The third-order valence-corrected chi connectivity index (χ3v) is 3.10. The number of hydrogen-bond donors (Lipinski definition) is 1. The molecule has 6 nitrogen and oxygen atoms in total. The highest BCUT2D eigenvalue weighted by molar-refractivity contribution is 5.63. The third kappa shape index (κ3) is 3.53. The quantitative estimate of drug-likeness (QED) is 0.691. The maximum Gasteiger partial charge on any atom is 0.270 e. The number of aryl methyl sites for hydroxylation is 1. The Labute approximate surface area is 122 Å². The summed E-state index contributed by atoms with van der Waals surface area (Å²) in [5.41, 5.74) is 1.82. The molecule has 0 fully saturated rings. The minimum Gasteiger partial charge on any atom is -0.307 e. The van der Waals surface area contributed by atoms with Gasteiger partial charge in [-0.3, -0.25) is 14.9 Å². The predicted molar refractivity (Wildman–Crippen MR) is 80.2 cm³/mol. The molecule has 0 saturated heterocycles. The van der Waals surface area contributed by atoms with Crippen molar-refractivity contribution in [3.05, 3.63) is 56.0 Å². The smallest absolute Gasteiger partial charge is 0.270 e. The van der Waals surface area contributed by atoms with Gasteiger partial charge in [-0.2, -0.15) is 0 Å². The van der Waals surface area contributed by atoms with Crippen LogP contribution < -0.4 is 5.56 Å². The fraction of sp³-hybridized carbons (Fsp3) is 0.333. The van der Waals surface area contributed by atoms with Crippen molar-refractivity contribution in [3.63, 3.8) is 0 Å². The second kappa shape index (κ2) is 5.87. The molecular formula is C15H17N3O3. The van der Waals surface area contributed by atoms with Crippen molar-refractivity contribution in [1.29, 1.82) is 0 Å². The molecular weight excluding hydrogens is 270 g/mol. The van der Waals surface area contributed by atoms with Crippen LogP contribution in [0.4, 0.5) is 5.69 Å². The lowest BCUT2D eigenvalue weighted by Crippen LogP contribution is -2.12. The standard InChI is InChI=1S/C15H17N3O3/c1-9(2)6-11-7-14(19)17-15(16-11)13-8-12(18(20)21)5-4-10(13)3/h4-5,7-9H,6H2,1-3H3,(H,16,17,19). The molecule has 6 heteroatoms. The molecule has 1 heterocycles. The van der Waals surface area contributed by atoms with Crippen molar-refractivity contribution < 1.29 is 4.92 Å². The average Bonchev–Trinajstić information content (AvgIpc) is 2.37. The van der Waals surface area contributed by atoms with Gasteiger partial charge in [0.1, 0.15) is 5.82 Å². The minimum absolute atomic E-state index is 0.0208. The predicted octanol–water partition coefficient (Wildman–Crippen LogP) is 2.85. The fourth-order valence-corrected chi connectivity index (χ4v) is 2.14. The number of non-ortho nitro benzene ring substituents is 1.